The second kappa shape index (κ2) is 6.27. The summed E-state index contributed by atoms with van der Waals surface area (Å²) in [7, 11) is 2.09. The first-order valence-electron chi connectivity index (χ1n) is 7.38. The van der Waals surface area contributed by atoms with Crippen LogP contribution in [0.4, 0.5) is 11.4 Å². The molecule has 4 nitrogen and oxygen atoms in total. The molecule has 1 saturated heterocycles. The Bertz CT molecular complexity index is 487. The van der Waals surface area contributed by atoms with E-state index >= 15 is 0 Å². The van der Waals surface area contributed by atoms with Gasteiger partial charge in [-0.1, -0.05) is 6.92 Å². The third kappa shape index (κ3) is 3.12. The summed E-state index contributed by atoms with van der Waals surface area (Å²) in [5.41, 5.74) is 8.22. The zero-order valence-electron chi connectivity index (χ0n) is 12.7. The first-order chi connectivity index (χ1) is 9.52. The van der Waals surface area contributed by atoms with Crippen LogP contribution in [0.2, 0.25) is 0 Å². The fraction of sp³-hybridized carbons (Fsp3) is 0.562. The summed E-state index contributed by atoms with van der Waals surface area (Å²) in [5, 5.41) is 0. The maximum atomic E-state index is 11.4. The van der Waals surface area contributed by atoms with Crippen LogP contribution in [0.5, 0.6) is 0 Å². The van der Waals surface area contributed by atoms with Crippen LogP contribution in [0.3, 0.4) is 0 Å². The number of nitrogens with two attached hydrogens (primary N) is 1. The third-order valence-corrected chi connectivity index (χ3v) is 4.25. The monoisotopic (exact) mass is 275 g/mol. The first-order valence-corrected chi connectivity index (χ1v) is 7.38. The average molecular weight is 275 g/mol. The van der Waals surface area contributed by atoms with Gasteiger partial charge >= 0.3 is 0 Å². The molecule has 2 rings (SSSR count). The molecular weight excluding hydrogens is 250 g/mol. The summed E-state index contributed by atoms with van der Waals surface area (Å²) in [5.74, 6) is 0.0182. The van der Waals surface area contributed by atoms with Gasteiger partial charge in [0.1, 0.15) is 0 Å². The Hall–Kier alpha value is -1.55. The van der Waals surface area contributed by atoms with Crippen LogP contribution in [0, 0.1) is 0 Å². The molecule has 0 aliphatic carbocycles. The molecular formula is C16H25N3O. The number of Topliss-reactive ketones (excluding diaryl/α,β-unsaturated/α-hetero) is 1. The first kappa shape index (κ1) is 14.9. The van der Waals surface area contributed by atoms with E-state index < -0.39 is 0 Å². The zero-order valence-corrected chi connectivity index (χ0v) is 12.7. The van der Waals surface area contributed by atoms with Crippen molar-refractivity contribution in [3.8, 4) is 0 Å². The molecule has 1 aliphatic heterocycles. The standard InChI is InChI=1S/C16H25N3O/c1-4-19-9-5-6-14(19)11-18(3)13-7-8-15(12(2)20)16(17)10-13/h7-8,10,14H,4-6,9,11,17H2,1-3H3. The highest BCUT2D eigenvalue weighted by Gasteiger charge is 2.24. The summed E-state index contributed by atoms with van der Waals surface area (Å²) in [6.45, 7) is 7.10. The fourth-order valence-electron chi connectivity index (χ4n) is 3.05. The van der Waals surface area contributed by atoms with Gasteiger partial charge in [-0.25, -0.2) is 0 Å². The van der Waals surface area contributed by atoms with Crippen molar-refractivity contribution in [3.63, 3.8) is 0 Å². The third-order valence-electron chi connectivity index (χ3n) is 4.25. The lowest BCUT2D eigenvalue weighted by atomic mass is 10.1. The number of hydrogen-bond donors (Lipinski definition) is 1. The number of likely N-dealkylation sites (tertiary alicyclic amines) is 1. The molecule has 1 aliphatic rings. The summed E-state index contributed by atoms with van der Waals surface area (Å²) in [4.78, 5) is 16.2. The van der Waals surface area contributed by atoms with Gasteiger partial charge in [0.25, 0.3) is 0 Å². The van der Waals surface area contributed by atoms with Crippen molar-refractivity contribution in [2.24, 2.45) is 0 Å². The van der Waals surface area contributed by atoms with Crippen molar-refractivity contribution in [1.29, 1.82) is 0 Å². The fourth-order valence-corrected chi connectivity index (χ4v) is 3.05. The number of benzene rings is 1. The Kier molecular flexibility index (Phi) is 4.65. The van der Waals surface area contributed by atoms with E-state index in [9.17, 15) is 4.79 Å². The lowest BCUT2D eigenvalue weighted by Crippen LogP contribution is -2.38. The maximum absolute atomic E-state index is 11.4. The SMILES string of the molecule is CCN1CCCC1CN(C)c1ccc(C(C)=O)c(N)c1. The van der Waals surface area contributed by atoms with Gasteiger partial charge in [0.15, 0.2) is 5.78 Å². The minimum atomic E-state index is 0.0182. The number of nitrogens with zero attached hydrogens (tertiary/aromatic N) is 2. The summed E-state index contributed by atoms with van der Waals surface area (Å²) < 4.78 is 0. The number of hydrogen-bond acceptors (Lipinski definition) is 4. The minimum Gasteiger partial charge on any atom is -0.398 e. The van der Waals surface area contributed by atoms with Crippen LogP contribution in [0.15, 0.2) is 18.2 Å². The molecule has 1 atom stereocenters. The van der Waals surface area contributed by atoms with E-state index in [1.54, 1.807) is 6.92 Å². The van der Waals surface area contributed by atoms with Crippen LogP contribution in [-0.4, -0.2) is 43.4 Å². The number of rotatable bonds is 5. The van der Waals surface area contributed by atoms with Crippen molar-refractivity contribution < 1.29 is 4.79 Å². The highest BCUT2D eigenvalue weighted by Crippen LogP contribution is 2.24. The van der Waals surface area contributed by atoms with Crippen molar-refractivity contribution in [2.45, 2.75) is 32.7 Å². The minimum absolute atomic E-state index is 0.0182. The van der Waals surface area contributed by atoms with Crippen LogP contribution < -0.4 is 10.6 Å². The quantitative estimate of drug-likeness (QED) is 0.662. The summed E-state index contributed by atoms with van der Waals surface area (Å²) in [6, 6.07) is 6.34. The lowest BCUT2D eigenvalue weighted by Gasteiger charge is -2.29. The van der Waals surface area contributed by atoms with Crippen molar-refractivity contribution >= 4 is 17.2 Å². The molecule has 0 saturated carbocycles. The van der Waals surface area contributed by atoms with Crippen molar-refractivity contribution in [2.75, 3.05) is 37.3 Å². The predicted molar refractivity (Wildman–Crippen MR) is 84.4 cm³/mol. The van der Waals surface area contributed by atoms with Gasteiger partial charge in [0, 0.05) is 36.6 Å². The molecule has 20 heavy (non-hydrogen) atoms. The van der Waals surface area contributed by atoms with Crippen molar-refractivity contribution in [1.82, 2.24) is 4.90 Å². The zero-order chi connectivity index (χ0) is 14.7. The van der Waals surface area contributed by atoms with E-state index in [-0.39, 0.29) is 5.78 Å². The number of likely N-dealkylation sites (N-methyl/N-ethyl adjacent to an activating group) is 2. The van der Waals surface area contributed by atoms with E-state index in [1.165, 1.54) is 19.4 Å². The topological polar surface area (TPSA) is 49.6 Å². The summed E-state index contributed by atoms with van der Waals surface area (Å²) >= 11 is 0. The van der Waals surface area contributed by atoms with Gasteiger partial charge in [-0.2, -0.15) is 0 Å². The second-order valence-electron chi connectivity index (χ2n) is 5.63. The number of anilines is 2. The van der Waals surface area contributed by atoms with E-state index in [0.29, 0.717) is 17.3 Å². The second-order valence-corrected chi connectivity index (χ2v) is 5.63. The molecule has 2 N–H and O–H groups in total. The van der Waals surface area contributed by atoms with Crippen LogP contribution in [0.25, 0.3) is 0 Å². The molecule has 4 heteroatoms. The summed E-state index contributed by atoms with van der Waals surface area (Å²) in [6.07, 6.45) is 2.55. The molecule has 1 aromatic carbocycles. The molecule has 1 fully saturated rings. The number of ketones is 1. The Labute approximate surface area is 121 Å². The molecule has 0 spiro atoms. The van der Waals surface area contributed by atoms with Crippen molar-refractivity contribution in [3.05, 3.63) is 23.8 Å². The Morgan fingerprint density at radius 2 is 2.25 bits per heavy atom. The van der Waals surface area contributed by atoms with Crippen LogP contribution in [0.1, 0.15) is 37.0 Å². The van der Waals surface area contributed by atoms with Gasteiger partial charge in [-0.3, -0.25) is 9.69 Å². The average Bonchev–Trinajstić information content (AvgIpc) is 2.85. The smallest absolute Gasteiger partial charge is 0.161 e. The highest BCUT2D eigenvalue weighted by molar-refractivity contribution is 5.99. The Morgan fingerprint density at radius 3 is 2.85 bits per heavy atom. The van der Waals surface area contributed by atoms with E-state index in [2.05, 4.69) is 23.8 Å². The molecule has 1 aromatic rings. The predicted octanol–water partition coefficient (Wildman–Crippen LogP) is 2.39. The molecule has 0 aromatic heterocycles. The molecule has 1 heterocycles. The molecule has 1 unspecified atom stereocenters. The van der Waals surface area contributed by atoms with Gasteiger partial charge in [0.2, 0.25) is 0 Å². The van der Waals surface area contributed by atoms with Crippen LogP contribution >= 0.6 is 0 Å². The van der Waals surface area contributed by atoms with E-state index in [0.717, 1.165) is 18.8 Å². The lowest BCUT2D eigenvalue weighted by molar-refractivity contribution is 0.101. The van der Waals surface area contributed by atoms with Gasteiger partial charge in [-0.15, -0.1) is 0 Å². The van der Waals surface area contributed by atoms with E-state index in [1.807, 2.05) is 18.2 Å². The van der Waals surface area contributed by atoms with Crippen LogP contribution in [-0.2, 0) is 0 Å². The normalized spacial score (nSPS) is 19.2. The van der Waals surface area contributed by atoms with Gasteiger partial charge in [-0.05, 0) is 51.1 Å². The molecule has 0 amide bonds. The highest BCUT2D eigenvalue weighted by atomic mass is 16.1. The van der Waals surface area contributed by atoms with E-state index in [4.69, 9.17) is 5.73 Å². The number of nitrogen functional groups attached to an aromatic ring is 1. The number of carbonyl (C=O) groups excluding carboxylic acids is 1. The number of carbonyl (C=O) groups is 1. The largest absolute Gasteiger partial charge is 0.398 e. The Morgan fingerprint density at radius 1 is 1.50 bits per heavy atom. The van der Waals surface area contributed by atoms with Gasteiger partial charge in [0.05, 0.1) is 0 Å². The molecule has 0 radical (unpaired) electrons. The Balaban J connectivity index is 2.07. The molecule has 0 bridgehead atoms. The molecule has 110 valence electrons. The van der Waals surface area contributed by atoms with Gasteiger partial charge < -0.3 is 10.6 Å². The maximum Gasteiger partial charge on any atom is 0.161 e.